The summed E-state index contributed by atoms with van der Waals surface area (Å²) in [5.74, 6) is 0.935. The average molecular weight is 259 g/mol. The molecular weight excluding hydrogens is 242 g/mol. The van der Waals surface area contributed by atoms with Crippen molar-refractivity contribution in [1.29, 1.82) is 0 Å². The summed E-state index contributed by atoms with van der Waals surface area (Å²) in [5.41, 5.74) is 2.30. The Morgan fingerprint density at radius 3 is 3.05 bits per heavy atom. The maximum atomic E-state index is 4.28. The predicted octanol–water partition coefficient (Wildman–Crippen LogP) is 0.931. The molecule has 0 aromatic carbocycles. The number of rotatable bonds is 5. The van der Waals surface area contributed by atoms with Gasteiger partial charge in [0.05, 0.1) is 6.33 Å². The Morgan fingerprint density at radius 1 is 1.32 bits per heavy atom. The summed E-state index contributed by atoms with van der Waals surface area (Å²) in [7, 11) is 0. The van der Waals surface area contributed by atoms with Crippen molar-refractivity contribution in [2.45, 2.75) is 32.7 Å². The van der Waals surface area contributed by atoms with Crippen LogP contribution in [-0.2, 0) is 6.42 Å². The molecule has 19 heavy (non-hydrogen) atoms. The molecule has 0 atom stereocenters. The van der Waals surface area contributed by atoms with Crippen LogP contribution in [0.25, 0.3) is 16.8 Å². The van der Waals surface area contributed by atoms with Gasteiger partial charge >= 0.3 is 0 Å². The molecule has 0 spiro atoms. The lowest BCUT2D eigenvalue weighted by Gasteiger charge is -2.06. The second-order valence-corrected chi connectivity index (χ2v) is 4.87. The van der Waals surface area contributed by atoms with Crippen molar-refractivity contribution in [2.75, 3.05) is 6.54 Å². The number of aromatic amines is 1. The van der Waals surface area contributed by atoms with Crippen LogP contribution in [0.3, 0.4) is 0 Å². The van der Waals surface area contributed by atoms with Crippen LogP contribution in [-0.4, -0.2) is 42.1 Å². The summed E-state index contributed by atoms with van der Waals surface area (Å²) < 4.78 is 1.93. The van der Waals surface area contributed by atoms with Gasteiger partial charge in [-0.2, -0.15) is 0 Å². The molecule has 0 fully saturated rings. The molecule has 3 aromatic heterocycles. The zero-order chi connectivity index (χ0) is 13.2. The third-order valence-corrected chi connectivity index (χ3v) is 3.03. The Kier molecular flexibility index (Phi) is 3.12. The first-order valence-corrected chi connectivity index (χ1v) is 6.51. The molecule has 100 valence electrons. The molecular formula is C12H17N7. The predicted molar refractivity (Wildman–Crippen MR) is 71.9 cm³/mol. The zero-order valence-corrected chi connectivity index (χ0v) is 11.1. The van der Waals surface area contributed by atoms with Crippen LogP contribution in [0.1, 0.15) is 26.1 Å². The lowest BCUT2D eigenvalue weighted by atomic mass is 10.3. The van der Waals surface area contributed by atoms with Crippen LogP contribution in [0.15, 0.2) is 12.7 Å². The van der Waals surface area contributed by atoms with Crippen molar-refractivity contribution in [1.82, 2.24) is 34.9 Å². The highest BCUT2D eigenvalue weighted by atomic mass is 15.3. The maximum absolute atomic E-state index is 4.28. The van der Waals surface area contributed by atoms with E-state index in [2.05, 4.69) is 44.3 Å². The van der Waals surface area contributed by atoms with Gasteiger partial charge in [0, 0.05) is 12.5 Å². The van der Waals surface area contributed by atoms with E-state index >= 15 is 0 Å². The smallest absolute Gasteiger partial charge is 0.189 e. The summed E-state index contributed by atoms with van der Waals surface area (Å²) in [6, 6.07) is 0.515. The van der Waals surface area contributed by atoms with Crippen LogP contribution in [0.4, 0.5) is 0 Å². The zero-order valence-electron chi connectivity index (χ0n) is 11.1. The minimum atomic E-state index is 0.515. The molecule has 0 aliphatic rings. The van der Waals surface area contributed by atoms with E-state index in [1.54, 1.807) is 12.7 Å². The fraction of sp³-hybridized carbons (Fsp3) is 0.500. The number of nitrogens with one attached hydrogen (secondary N) is 2. The van der Waals surface area contributed by atoms with Gasteiger partial charge in [-0.3, -0.25) is 4.40 Å². The van der Waals surface area contributed by atoms with Crippen molar-refractivity contribution in [3.8, 4) is 0 Å². The van der Waals surface area contributed by atoms with E-state index in [1.165, 1.54) is 0 Å². The van der Waals surface area contributed by atoms with Gasteiger partial charge in [-0.25, -0.2) is 9.97 Å². The van der Waals surface area contributed by atoms with Crippen molar-refractivity contribution in [3.05, 3.63) is 18.5 Å². The van der Waals surface area contributed by atoms with Crippen LogP contribution in [0.2, 0.25) is 0 Å². The lowest BCUT2D eigenvalue weighted by molar-refractivity contribution is 0.565. The number of imidazole rings is 1. The topological polar surface area (TPSA) is 83.8 Å². The minimum absolute atomic E-state index is 0.515. The van der Waals surface area contributed by atoms with Gasteiger partial charge < -0.3 is 10.3 Å². The largest absolute Gasteiger partial charge is 0.340 e. The first-order chi connectivity index (χ1) is 9.25. The normalized spacial score (nSPS) is 11.9. The number of nitrogens with zero attached hydrogens (tertiary/aromatic N) is 5. The van der Waals surface area contributed by atoms with E-state index < -0.39 is 0 Å². The van der Waals surface area contributed by atoms with Crippen LogP contribution < -0.4 is 5.32 Å². The first kappa shape index (κ1) is 12.0. The van der Waals surface area contributed by atoms with Crippen molar-refractivity contribution in [2.24, 2.45) is 0 Å². The van der Waals surface area contributed by atoms with E-state index in [0.717, 1.165) is 36.4 Å². The monoisotopic (exact) mass is 259 g/mol. The summed E-state index contributed by atoms with van der Waals surface area (Å²) in [4.78, 5) is 11.4. The fourth-order valence-corrected chi connectivity index (χ4v) is 2.09. The van der Waals surface area contributed by atoms with E-state index in [-0.39, 0.29) is 0 Å². The second-order valence-electron chi connectivity index (χ2n) is 4.87. The third-order valence-electron chi connectivity index (χ3n) is 3.03. The third kappa shape index (κ3) is 2.28. The fourth-order valence-electron chi connectivity index (χ4n) is 2.09. The van der Waals surface area contributed by atoms with Crippen LogP contribution in [0.5, 0.6) is 0 Å². The highest BCUT2D eigenvalue weighted by molar-refractivity contribution is 5.84. The molecule has 0 bridgehead atoms. The number of hydrogen-bond acceptors (Lipinski definition) is 5. The Balaban J connectivity index is 1.80. The highest BCUT2D eigenvalue weighted by Gasteiger charge is 2.10. The highest BCUT2D eigenvalue weighted by Crippen LogP contribution is 2.13. The van der Waals surface area contributed by atoms with Crippen LogP contribution >= 0.6 is 0 Å². The van der Waals surface area contributed by atoms with Gasteiger partial charge in [-0.15, -0.1) is 10.2 Å². The molecule has 0 amide bonds. The molecule has 0 radical (unpaired) electrons. The van der Waals surface area contributed by atoms with Gasteiger partial charge in [-0.05, 0) is 13.0 Å². The Labute approximate surface area is 110 Å². The SMILES string of the molecule is CC(C)NCCCc1nnc2c3[nH]cnc3ncn12. The van der Waals surface area contributed by atoms with Gasteiger partial charge in [-0.1, -0.05) is 13.8 Å². The van der Waals surface area contributed by atoms with Gasteiger partial charge in [0.1, 0.15) is 17.7 Å². The van der Waals surface area contributed by atoms with E-state index in [9.17, 15) is 0 Å². The molecule has 0 saturated heterocycles. The molecule has 0 aliphatic heterocycles. The van der Waals surface area contributed by atoms with Crippen molar-refractivity contribution >= 4 is 16.8 Å². The lowest BCUT2D eigenvalue weighted by Crippen LogP contribution is -2.24. The van der Waals surface area contributed by atoms with Crippen LogP contribution in [0, 0.1) is 0 Å². The van der Waals surface area contributed by atoms with E-state index in [4.69, 9.17) is 0 Å². The number of aromatic nitrogens is 6. The molecule has 3 rings (SSSR count). The maximum Gasteiger partial charge on any atom is 0.189 e. The molecule has 2 N–H and O–H groups in total. The molecule has 7 nitrogen and oxygen atoms in total. The second kappa shape index (κ2) is 4.93. The summed E-state index contributed by atoms with van der Waals surface area (Å²) in [6.07, 6.45) is 5.27. The Morgan fingerprint density at radius 2 is 2.21 bits per heavy atom. The minimum Gasteiger partial charge on any atom is -0.340 e. The Bertz CT molecular complexity index is 682. The average Bonchev–Trinajstić information content (AvgIpc) is 3.00. The molecule has 0 aliphatic carbocycles. The van der Waals surface area contributed by atoms with Gasteiger partial charge in [0.2, 0.25) is 0 Å². The molecule has 0 unspecified atom stereocenters. The first-order valence-electron chi connectivity index (χ1n) is 6.51. The summed E-state index contributed by atoms with van der Waals surface area (Å²) in [5, 5.41) is 11.8. The molecule has 7 heteroatoms. The quantitative estimate of drug-likeness (QED) is 0.666. The molecule has 0 saturated carbocycles. The van der Waals surface area contributed by atoms with Gasteiger partial charge in [0.15, 0.2) is 11.3 Å². The molecule has 3 heterocycles. The van der Waals surface area contributed by atoms with Crippen molar-refractivity contribution in [3.63, 3.8) is 0 Å². The number of fused-ring (bicyclic) bond motifs is 3. The standard InChI is InChI=1S/C12H17N7/c1-8(2)13-5-3-4-9-17-18-12-10-11(15-6-14-10)16-7-19(9)12/h6-8,13H,3-5H2,1-2H3,(H,14,15). The number of hydrogen-bond donors (Lipinski definition) is 2. The van der Waals surface area contributed by atoms with Crippen molar-refractivity contribution < 1.29 is 0 Å². The number of H-pyrrole nitrogens is 1. The van der Waals surface area contributed by atoms with E-state index in [1.807, 2.05) is 4.40 Å². The molecule has 3 aromatic rings. The number of aryl methyl sites for hydroxylation is 1. The Hall–Kier alpha value is -2.02. The summed E-state index contributed by atoms with van der Waals surface area (Å²) in [6.45, 7) is 5.27. The van der Waals surface area contributed by atoms with E-state index in [0.29, 0.717) is 11.7 Å². The van der Waals surface area contributed by atoms with Gasteiger partial charge in [0.25, 0.3) is 0 Å². The summed E-state index contributed by atoms with van der Waals surface area (Å²) >= 11 is 0.